The zero-order chi connectivity index (χ0) is 8.43. The Morgan fingerprint density at radius 1 is 1.55 bits per heavy atom. The largest absolute Gasteiger partial charge is 0.508 e. The van der Waals surface area contributed by atoms with Crippen molar-refractivity contribution in [1.29, 1.82) is 5.26 Å². The highest BCUT2D eigenvalue weighted by molar-refractivity contribution is 9.10. The molecule has 0 bridgehead atoms. The van der Waals surface area contributed by atoms with Crippen LogP contribution in [0.5, 0.6) is 5.75 Å². The van der Waals surface area contributed by atoms with Crippen molar-refractivity contribution in [3.63, 3.8) is 0 Å². The average Bonchev–Trinajstić information content (AvgIpc) is 1.96. The van der Waals surface area contributed by atoms with Gasteiger partial charge in [0.15, 0.2) is 0 Å². The van der Waals surface area contributed by atoms with Crippen molar-refractivity contribution >= 4 is 15.9 Å². The molecule has 56 valence electrons. The number of nitriles is 1. The van der Waals surface area contributed by atoms with Gasteiger partial charge >= 0.3 is 0 Å². The molecule has 11 heavy (non-hydrogen) atoms. The summed E-state index contributed by atoms with van der Waals surface area (Å²) < 4.78 is 0.758. The van der Waals surface area contributed by atoms with Gasteiger partial charge in [-0.3, -0.25) is 0 Å². The van der Waals surface area contributed by atoms with Gasteiger partial charge in [-0.1, -0.05) is 15.9 Å². The van der Waals surface area contributed by atoms with Crippen LogP contribution in [0.1, 0.15) is 11.1 Å². The van der Waals surface area contributed by atoms with E-state index in [2.05, 4.69) is 15.9 Å². The summed E-state index contributed by atoms with van der Waals surface area (Å²) in [6, 6.07) is 5.00. The van der Waals surface area contributed by atoms with Crippen LogP contribution in [-0.2, 0) is 0 Å². The molecule has 1 N–H and O–H groups in total. The third kappa shape index (κ3) is 1.52. The van der Waals surface area contributed by atoms with Crippen LogP contribution in [-0.4, -0.2) is 5.11 Å². The number of halogens is 1. The molecule has 0 aliphatic carbocycles. The summed E-state index contributed by atoms with van der Waals surface area (Å²) in [5.41, 5.74) is 1.35. The van der Waals surface area contributed by atoms with Gasteiger partial charge in [-0.05, 0) is 24.6 Å². The number of phenols is 1. The molecule has 3 heteroatoms. The molecule has 0 unspecified atom stereocenters. The lowest BCUT2D eigenvalue weighted by molar-refractivity contribution is 0.474. The molecule has 0 aliphatic rings. The van der Waals surface area contributed by atoms with Crippen LogP contribution in [0.3, 0.4) is 0 Å². The minimum absolute atomic E-state index is 0.110. The maximum Gasteiger partial charge on any atom is 0.118 e. The third-order valence-corrected chi connectivity index (χ3v) is 2.27. The van der Waals surface area contributed by atoms with Gasteiger partial charge in [0.1, 0.15) is 5.75 Å². The minimum Gasteiger partial charge on any atom is -0.508 e. The van der Waals surface area contributed by atoms with E-state index in [0.717, 1.165) is 10.0 Å². The van der Waals surface area contributed by atoms with E-state index in [0.29, 0.717) is 5.56 Å². The summed E-state index contributed by atoms with van der Waals surface area (Å²) in [5, 5.41) is 17.7. The number of aromatic hydroxyl groups is 1. The van der Waals surface area contributed by atoms with Gasteiger partial charge in [0.25, 0.3) is 0 Å². The molecule has 0 spiro atoms. The maximum atomic E-state index is 9.07. The Morgan fingerprint density at radius 2 is 2.18 bits per heavy atom. The summed E-state index contributed by atoms with van der Waals surface area (Å²) in [5.74, 6) is 0.110. The Bertz CT molecular complexity index is 328. The number of benzene rings is 1. The molecule has 0 aliphatic heterocycles. The van der Waals surface area contributed by atoms with Gasteiger partial charge in [-0.2, -0.15) is 5.26 Å². The summed E-state index contributed by atoms with van der Waals surface area (Å²) in [4.78, 5) is 0. The Kier molecular flexibility index (Phi) is 2.16. The number of hydrogen-bond donors (Lipinski definition) is 1. The van der Waals surface area contributed by atoms with Gasteiger partial charge in [-0.25, -0.2) is 0 Å². The molecule has 0 saturated heterocycles. The van der Waals surface area contributed by atoms with E-state index in [9.17, 15) is 0 Å². The van der Waals surface area contributed by atoms with Crippen molar-refractivity contribution in [2.45, 2.75) is 6.92 Å². The van der Waals surface area contributed by atoms with Crippen molar-refractivity contribution in [2.75, 3.05) is 0 Å². The molecule has 0 heterocycles. The fourth-order valence-electron chi connectivity index (χ4n) is 0.781. The van der Waals surface area contributed by atoms with Crippen molar-refractivity contribution in [3.8, 4) is 11.8 Å². The highest BCUT2D eigenvalue weighted by Crippen LogP contribution is 2.24. The van der Waals surface area contributed by atoms with Crippen LogP contribution >= 0.6 is 15.9 Å². The maximum absolute atomic E-state index is 9.07. The fourth-order valence-corrected chi connectivity index (χ4v) is 1.23. The van der Waals surface area contributed by atoms with Crippen LogP contribution in [0.4, 0.5) is 0 Å². The normalized spacial score (nSPS) is 9.18. The van der Waals surface area contributed by atoms with Crippen LogP contribution in [0, 0.1) is 18.3 Å². The van der Waals surface area contributed by atoms with E-state index < -0.39 is 0 Å². The Hall–Kier alpha value is -1.01. The van der Waals surface area contributed by atoms with Crippen molar-refractivity contribution in [2.24, 2.45) is 0 Å². The second-order valence-electron chi connectivity index (χ2n) is 2.21. The first kappa shape index (κ1) is 8.09. The Morgan fingerprint density at radius 3 is 2.73 bits per heavy atom. The molecule has 0 aromatic heterocycles. The second kappa shape index (κ2) is 2.93. The van der Waals surface area contributed by atoms with E-state index >= 15 is 0 Å². The van der Waals surface area contributed by atoms with Crippen LogP contribution in [0.25, 0.3) is 0 Å². The molecule has 1 aromatic carbocycles. The molecular formula is C8H6BrNO. The van der Waals surface area contributed by atoms with Gasteiger partial charge in [-0.15, -0.1) is 0 Å². The molecule has 0 saturated carbocycles. The Balaban J connectivity index is 3.39. The summed E-state index contributed by atoms with van der Waals surface area (Å²) in [6.07, 6.45) is 0. The highest BCUT2D eigenvalue weighted by Gasteiger charge is 2.02. The number of hydrogen-bond acceptors (Lipinski definition) is 2. The molecule has 0 amide bonds. The summed E-state index contributed by atoms with van der Waals surface area (Å²) in [7, 11) is 0. The zero-order valence-electron chi connectivity index (χ0n) is 5.93. The van der Waals surface area contributed by atoms with Gasteiger partial charge in [0, 0.05) is 4.47 Å². The molecule has 0 atom stereocenters. The predicted molar refractivity (Wildman–Crippen MR) is 45.3 cm³/mol. The standard InChI is InChI=1S/C8H6BrNO/c1-5-6(4-10)2-7(11)3-8(5)9/h2-3,11H,1H3. The van der Waals surface area contributed by atoms with Crippen LogP contribution in [0.2, 0.25) is 0 Å². The smallest absolute Gasteiger partial charge is 0.118 e. The molecule has 0 radical (unpaired) electrons. The second-order valence-corrected chi connectivity index (χ2v) is 3.07. The quantitative estimate of drug-likeness (QED) is 0.717. The van der Waals surface area contributed by atoms with Crippen molar-refractivity contribution < 1.29 is 5.11 Å². The van der Waals surface area contributed by atoms with E-state index in [4.69, 9.17) is 10.4 Å². The topological polar surface area (TPSA) is 44.0 Å². The van der Waals surface area contributed by atoms with Gasteiger partial charge in [0.05, 0.1) is 11.6 Å². The first-order valence-electron chi connectivity index (χ1n) is 3.04. The van der Waals surface area contributed by atoms with E-state index in [1.54, 1.807) is 6.07 Å². The average molecular weight is 212 g/mol. The first-order valence-corrected chi connectivity index (χ1v) is 3.83. The minimum atomic E-state index is 0.110. The lowest BCUT2D eigenvalue weighted by atomic mass is 10.1. The van der Waals surface area contributed by atoms with E-state index in [1.165, 1.54) is 6.07 Å². The monoisotopic (exact) mass is 211 g/mol. The molecule has 1 rings (SSSR count). The number of rotatable bonds is 0. The molecular weight excluding hydrogens is 206 g/mol. The zero-order valence-corrected chi connectivity index (χ0v) is 7.51. The van der Waals surface area contributed by atoms with Crippen LogP contribution in [0.15, 0.2) is 16.6 Å². The summed E-state index contributed by atoms with van der Waals surface area (Å²) in [6.45, 7) is 1.82. The highest BCUT2D eigenvalue weighted by atomic mass is 79.9. The first-order chi connectivity index (χ1) is 5.15. The lowest BCUT2D eigenvalue weighted by Crippen LogP contribution is -1.82. The number of phenolic OH excluding ortho intramolecular Hbond substituents is 1. The van der Waals surface area contributed by atoms with Gasteiger partial charge < -0.3 is 5.11 Å². The third-order valence-electron chi connectivity index (χ3n) is 1.45. The SMILES string of the molecule is Cc1c(Br)cc(O)cc1C#N. The van der Waals surface area contributed by atoms with Crippen molar-refractivity contribution in [1.82, 2.24) is 0 Å². The number of nitrogens with zero attached hydrogens (tertiary/aromatic N) is 1. The molecule has 2 nitrogen and oxygen atoms in total. The molecule has 0 fully saturated rings. The van der Waals surface area contributed by atoms with E-state index in [1.807, 2.05) is 13.0 Å². The Labute approximate surface area is 73.2 Å². The summed E-state index contributed by atoms with van der Waals surface area (Å²) >= 11 is 3.23. The molecule has 1 aromatic rings. The van der Waals surface area contributed by atoms with E-state index in [-0.39, 0.29) is 5.75 Å². The lowest BCUT2D eigenvalue weighted by Gasteiger charge is -2.00. The predicted octanol–water partition coefficient (Wildman–Crippen LogP) is 2.33. The van der Waals surface area contributed by atoms with Crippen LogP contribution < -0.4 is 0 Å². The fraction of sp³-hybridized carbons (Fsp3) is 0.125. The van der Waals surface area contributed by atoms with Gasteiger partial charge in [0.2, 0.25) is 0 Å². The van der Waals surface area contributed by atoms with Crippen molar-refractivity contribution in [3.05, 3.63) is 27.7 Å².